The first-order valence-electron chi connectivity index (χ1n) is 8.13. The first kappa shape index (κ1) is 20.1. The summed E-state index contributed by atoms with van der Waals surface area (Å²) in [6.07, 6.45) is 0. The molecule has 0 saturated carbocycles. The summed E-state index contributed by atoms with van der Waals surface area (Å²) in [6.45, 7) is 0. The Kier molecular flexibility index (Phi) is 6.71. The number of benzene rings is 3. The van der Waals surface area contributed by atoms with Gasteiger partial charge in [0.25, 0.3) is 0 Å². The van der Waals surface area contributed by atoms with Crippen LogP contribution in [0.5, 0.6) is 0 Å². The summed E-state index contributed by atoms with van der Waals surface area (Å²) < 4.78 is 27.4. The Labute approximate surface area is 173 Å². The fourth-order valence-corrected chi connectivity index (χ4v) is 5.25. The molecule has 0 amide bonds. The molecule has 3 aromatic rings. The summed E-state index contributed by atoms with van der Waals surface area (Å²) in [4.78, 5) is 1.19. The van der Waals surface area contributed by atoms with Gasteiger partial charge in [-0.3, -0.25) is 4.72 Å². The van der Waals surface area contributed by atoms with E-state index in [4.69, 9.17) is 23.2 Å². The van der Waals surface area contributed by atoms with Crippen LogP contribution in [0.1, 0.15) is 11.1 Å². The van der Waals surface area contributed by atoms with Crippen LogP contribution in [0.4, 0.5) is 5.69 Å². The lowest BCUT2D eigenvalue weighted by atomic mass is 10.2. The van der Waals surface area contributed by atoms with Crippen LogP contribution >= 0.6 is 35.0 Å². The Morgan fingerprint density at radius 1 is 0.815 bits per heavy atom. The molecule has 140 valence electrons. The van der Waals surface area contributed by atoms with E-state index in [0.717, 1.165) is 11.3 Å². The van der Waals surface area contributed by atoms with Gasteiger partial charge >= 0.3 is 0 Å². The van der Waals surface area contributed by atoms with Gasteiger partial charge in [0.2, 0.25) is 10.0 Å². The van der Waals surface area contributed by atoms with E-state index in [9.17, 15) is 8.42 Å². The molecule has 0 atom stereocenters. The maximum Gasteiger partial charge on any atom is 0.237 e. The molecule has 1 N–H and O–H groups in total. The molecule has 0 heterocycles. The van der Waals surface area contributed by atoms with Crippen molar-refractivity contribution in [3.63, 3.8) is 0 Å². The van der Waals surface area contributed by atoms with E-state index >= 15 is 0 Å². The highest BCUT2D eigenvalue weighted by atomic mass is 35.5. The van der Waals surface area contributed by atoms with Crippen molar-refractivity contribution in [2.24, 2.45) is 0 Å². The smallest absolute Gasteiger partial charge is 0.237 e. The first-order valence-corrected chi connectivity index (χ1v) is 11.5. The Hall–Kier alpha value is -1.66. The minimum absolute atomic E-state index is 0.281. The van der Waals surface area contributed by atoms with Gasteiger partial charge in [-0.05, 0) is 42.0 Å². The standard InChI is InChI=1S/C20H17Cl2NO2S2/c21-19-7-4-8-20(22)18(19)14-27(24,25)23-16-11-9-15(10-12-16)13-26-17-5-2-1-3-6-17/h1-12,23H,13-14H2. The highest BCUT2D eigenvalue weighted by Crippen LogP contribution is 2.27. The lowest BCUT2D eigenvalue weighted by Gasteiger charge is -2.11. The van der Waals surface area contributed by atoms with Gasteiger partial charge in [-0.15, -0.1) is 11.8 Å². The van der Waals surface area contributed by atoms with Crippen LogP contribution < -0.4 is 4.72 Å². The van der Waals surface area contributed by atoms with Gasteiger partial charge in [0.05, 0.1) is 5.75 Å². The maximum absolute atomic E-state index is 12.4. The normalized spacial score (nSPS) is 11.3. The topological polar surface area (TPSA) is 46.2 Å². The Bertz CT molecular complexity index is 988. The van der Waals surface area contributed by atoms with Crippen molar-refractivity contribution < 1.29 is 8.42 Å². The van der Waals surface area contributed by atoms with Crippen molar-refractivity contribution in [3.8, 4) is 0 Å². The summed E-state index contributed by atoms with van der Waals surface area (Å²) in [5.41, 5.74) is 2.01. The molecule has 0 aliphatic carbocycles. The van der Waals surface area contributed by atoms with Crippen LogP contribution in [0.25, 0.3) is 0 Å². The molecule has 0 aliphatic heterocycles. The van der Waals surface area contributed by atoms with Crippen LogP contribution in [-0.4, -0.2) is 8.42 Å². The summed E-state index contributed by atoms with van der Waals surface area (Å²) in [6, 6.07) is 22.4. The van der Waals surface area contributed by atoms with Gasteiger partial charge < -0.3 is 0 Å². The SMILES string of the molecule is O=S(=O)(Cc1c(Cl)cccc1Cl)Nc1ccc(CSc2ccccc2)cc1. The van der Waals surface area contributed by atoms with Gasteiger partial charge in [-0.1, -0.05) is 59.6 Å². The average molecular weight is 438 g/mol. The van der Waals surface area contributed by atoms with E-state index < -0.39 is 10.0 Å². The van der Waals surface area contributed by atoms with E-state index in [0.29, 0.717) is 21.3 Å². The second kappa shape index (κ2) is 9.02. The molecule has 27 heavy (non-hydrogen) atoms. The van der Waals surface area contributed by atoms with Crippen LogP contribution in [0, 0.1) is 0 Å². The molecule has 3 rings (SSSR count). The van der Waals surface area contributed by atoms with Crippen molar-refractivity contribution in [2.75, 3.05) is 4.72 Å². The molecule has 0 aliphatic rings. The van der Waals surface area contributed by atoms with Crippen molar-refractivity contribution in [1.82, 2.24) is 0 Å². The number of anilines is 1. The molecule has 0 unspecified atom stereocenters. The minimum Gasteiger partial charge on any atom is -0.283 e. The summed E-state index contributed by atoms with van der Waals surface area (Å²) in [5.74, 6) is 0.531. The van der Waals surface area contributed by atoms with Crippen molar-refractivity contribution in [1.29, 1.82) is 0 Å². The molecule has 0 fully saturated rings. The second-order valence-corrected chi connectivity index (χ2v) is 9.45. The molecular formula is C20H17Cl2NO2S2. The van der Waals surface area contributed by atoms with Crippen LogP contribution in [0.15, 0.2) is 77.7 Å². The van der Waals surface area contributed by atoms with Gasteiger partial charge in [0, 0.05) is 31.9 Å². The molecule has 0 aromatic heterocycles. The lowest BCUT2D eigenvalue weighted by Crippen LogP contribution is -2.15. The minimum atomic E-state index is -3.62. The van der Waals surface area contributed by atoms with Crippen molar-refractivity contribution in [3.05, 3.63) is 94.0 Å². The van der Waals surface area contributed by atoms with Crippen LogP contribution in [0.2, 0.25) is 10.0 Å². The quantitative estimate of drug-likeness (QED) is 0.445. The predicted molar refractivity (Wildman–Crippen MR) is 115 cm³/mol. The fraction of sp³-hybridized carbons (Fsp3) is 0.100. The zero-order chi connectivity index (χ0) is 19.3. The van der Waals surface area contributed by atoms with E-state index in [2.05, 4.69) is 16.9 Å². The maximum atomic E-state index is 12.4. The van der Waals surface area contributed by atoms with Crippen LogP contribution in [-0.2, 0) is 21.5 Å². The zero-order valence-electron chi connectivity index (χ0n) is 14.2. The zero-order valence-corrected chi connectivity index (χ0v) is 17.4. The molecule has 0 bridgehead atoms. The summed E-state index contributed by atoms with van der Waals surface area (Å²) >= 11 is 13.9. The third-order valence-corrected chi connectivity index (χ3v) is 6.78. The fourth-order valence-electron chi connectivity index (χ4n) is 2.43. The van der Waals surface area contributed by atoms with E-state index in [1.165, 1.54) is 4.90 Å². The van der Waals surface area contributed by atoms with E-state index in [1.54, 1.807) is 42.1 Å². The predicted octanol–water partition coefficient (Wildman–Crippen LogP) is 6.23. The molecule has 7 heteroatoms. The Morgan fingerprint density at radius 2 is 1.44 bits per heavy atom. The highest BCUT2D eigenvalue weighted by molar-refractivity contribution is 7.98. The molecule has 0 saturated heterocycles. The van der Waals surface area contributed by atoms with Crippen molar-refractivity contribution in [2.45, 2.75) is 16.4 Å². The number of halogens is 2. The molecular weight excluding hydrogens is 421 g/mol. The number of sulfonamides is 1. The van der Waals surface area contributed by atoms with Crippen LogP contribution in [0.3, 0.4) is 0 Å². The summed E-state index contributed by atoms with van der Waals surface area (Å²) in [7, 11) is -3.62. The summed E-state index contributed by atoms with van der Waals surface area (Å²) in [5, 5.41) is 0.669. The average Bonchev–Trinajstić information content (AvgIpc) is 2.65. The number of hydrogen-bond acceptors (Lipinski definition) is 3. The van der Waals surface area contributed by atoms with Gasteiger partial charge in [-0.2, -0.15) is 0 Å². The number of hydrogen-bond donors (Lipinski definition) is 1. The third-order valence-electron chi connectivity index (χ3n) is 3.77. The third kappa shape index (κ3) is 5.91. The number of thioether (sulfide) groups is 1. The van der Waals surface area contributed by atoms with Gasteiger partial charge in [0.1, 0.15) is 0 Å². The van der Waals surface area contributed by atoms with E-state index in [1.807, 2.05) is 30.3 Å². The molecule has 3 nitrogen and oxygen atoms in total. The van der Waals surface area contributed by atoms with Gasteiger partial charge in [-0.25, -0.2) is 8.42 Å². The lowest BCUT2D eigenvalue weighted by molar-refractivity contribution is 0.600. The molecule has 3 aromatic carbocycles. The number of rotatable bonds is 7. The van der Waals surface area contributed by atoms with E-state index in [-0.39, 0.29) is 5.75 Å². The second-order valence-electron chi connectivity index (χ2n) is 5.86. The van der Waals surface area contributed by atoms with Gasteiger partial charge in [0.15, 0.2) is 0 Å². The molecule has 0 spiro atoms. The monoisotopic (exact) mass is 437 g/mol. The number of nitrogens with one attached hydrogen (secondary N) is 1. The Balaban J connectivity index is 1.63. The Morgan fingerprint density at radius 3 is 2.07 bits per heavy atom. The largest absolute Gasteiger partial charge is 0.283 e. The van der Waals surface area contributed by atoms with Crippen molar-refractivity contribution >= 4 is 50.7 Å². The first-order chi connectivity index (χ1) is 12.9. The molecule has 0 radical (unpaired) electrons. The highest BCUT2D eigenvalue weighted by Gasteiger charge is 2.16.